The van der Waals surface area contributed by atoms with E-state index in [-0.39, 0.29) is 4.90 Å². The Bertz CT molecular complexity index is 849. The van der Waals surface area contributed by atoms with Gasteiger partial charge in [-0.25, -0.2) is 13.4 Å². The van der Waals surface area contributed by atoms with Gasteiger partial charge in [-0.1, -0.05) is 42.2 Å². The Morgan fingerprint density at radius 2 is 1.58 bits per heavy atom. The van der Waals surface area contributed by atoms with Crippen LogP contribution in [0, 0.1) is 11.8 Å². The van der Waals surface area contributed by atoms with Crippen LogP contribution in [0.2, 0.25) is 0 Å². The van der Waals surface area contributed by atoms with Crippen molar-refractivity contribution >= 4 is 10.0 Å². The highest BCUT2D eigenvalue weighted by Gasteiger charge is 2.22. The first kappa shape index (κ1) is 16.7. The molecular formula is C18H18N2O3S. The van der Waals surface area contributed by atoms with Crippen molar-refractivity contribution < 1.29 is 13.2 Å². The van der Waals surface area contributed by atoms with Crippen LogP contribution in [-0.2, 0) is 14.8 Å². The lowest BCUT2D eigenvalue weighted by molar-refractivity contribution is 0.0272. The molecule has 1 N–H and O–H groups in total. The molecule has 0 aromatic heterocycles. The van der Waals surface area contributed by atoms with E-state index in [9.17, 15) is 8.42 Å². The molecule has 0 atom stereocenters. The van der Waals surface area contributed by atoms with Crippen LogP contribution in [0.4, 0.5) is 0 Å². The molecule has 0 radical (unpaired) electrons. The minimum absolute atomic E-state index is 0.180. The van der Waals surface area contributed by atoms with Gasteiger partial charge in [-0.3, -0.25) is 0 Å². The van der Waals surface area contributed by atoms with Crippen LogP contribution in [0.25, 0.3) is 0 Å². The van der Waals surface area contributed by atoms with Crippen molar-refractivity contribution in [3.05, 3.63) is 65.7 Å². The standard InChI is InChI=1S/C18H18N2O3S/c21-24(22,19-20-12-14-23-15-13-20)18-9-5-4-8-17(18)11-10-16-6-2-1-3-7-16/h1-9,19H,12-15H2. The molecule has 6 heteroatoms. The van der Waals surface area contributed by atoms with E-state index in [1.807, 2.05) is 30.3 Å². The maximum Gasteiger partial charge on any atom is 0.254 e. The molecule has 124 valence electrons. The predicted octanol–water partition coefficient (Wildman–Crippen LogP) is 1.61. The second-order valence-corrected chi connectivity index (χ2v) is 6.94. The largest absolute Gasteiger partial charge is 0.379 e. The fraction of sp³-hybridized carbons (Fsp3) is 0.222. The van der Waals surface area contributed by atoms with E-state index in [1.54, 1.807) is 29.3 Å². The lowest BCUT2D eigenvalue weighted by atomic mass is 10.2. The smallest absolute Gasteiger partial charge is 0.254 e. The number of morpholine rings is 1. The Hall–Kier alpha value is -2.17. The third-order valence-electron chi connectivity index (χ3n) is 3.55. The minimum atomic E-state index is -3.68. The molecule has 1 fully saturated rings. The monoisotopic (exact) mass is 342 g/mol. The summed E-state index contributed by atoms with van der Waals surface area (Å²) in [5.41, 5.74) is 1.31. The number of rotatable bonds is 3. The maximum atomic E-state index is 12.7. The van der Waals surface area contributed by atoms with Crippen LogP contribution < -0.4 is 4.83 Å². The summed E-state index contributed by atoms with van der Waals surface area (Å²) in [5.74, 6) is 5.96. The van der Waals surface area contributed by atoms with Crippen LogP contribution in [0.5, 0.6) is 0 Å². The van der Waals surface area contributed by atoms with Crippen LogP contribution in [0.15, 0.2) is 59.5 Å². The van der Waals surface area contributed by atoms with Crippen molar-refractivity contribution in [1.82, 2.24) is 9.84 Å². The van der Waals surface area contributed by atoms with Crippen molar-refractivity contribution in [2.45, 2.75) is 4.90 Å². The molecule has 24 heavy (non-hydrogen) atoms. The van der Waals surface area contributed by atoms with Gasteiger partial charge in [0.2, 0.25) is 0 Å². The number of nitrogens with one attached hydrogen (secondary N) is 1. The molecular weight excluding hydrogens is 324 g/mol. The van der Waals surface area contributed by atoms with E-state index >= 15 is 0 Å². The zero-order chi connectivity index (χ0) is 16.8. The lowest BCUT2D eigenvalue weighted by Gasteiger charge is -2.26. The molecule has 1 heterocycles. The van der Waals surface area contributed by atoms with Crippen molar-refractivity contribution in [2.75, 3.05) is 26.3 Å². The zero-order valence-electron chi connectivity index (χ0n) is 13.1. The Balaban J connectivity index is 1.87. The number of hydrogen-bond donors (Lipinski definition) is 1. The van der Waals surface area contributed by atoms with Crippen LogP contribution >= 0.6 is 0 Å². The molecule has 5 nitrogen and oxygen atoms in total. The predicted molar refractivity (Wildman–Crippen MR) is 91.6 cm³/mol. The molecule has 1 aliphatic heterocycles. The fourth-order valence-corrected chi connectivity index (χ4v) is 3.63. The molecule has 1 aliphatic rings. The van der Waals surface area contributed by atoms with Gasteiger partial charge in [0, 0.05) is 24.2 Å². The topological polar surface area (TPSA) is 58.6 Å². The first-order valence-corrected chi connectivity index (χ1v) is 9.15. The Morgan fingerprint density at radius 3 is 2.33 bits per heavy atom. The SMILES string of the molecule is O=S(=O)(NN1CCOCC1)c1ccccc1C#Cc1ccccc1. The van der Waals surface area contributed by atoms with E-state index < -0.39 is 10.0 Å². The molecule has 0 bridgehead atoms. The summed E-state index contributed by atoms with van der Waals surface area (Å²) in [5, 5.41) is 1.65. The highest BCUT2D eigenvalue weighted by atomic mass is 32.2. The number of hydrazine groups is 1. The second-order valence-electron chi connectivity index (χ2n) is 5.31. The first-order valence-electron chi connectivity index (χ1n) is 7.66. The van der Waals surface area contributed by atoms with Gasteiger partial charge in [-0.2, -0.15) is 0 Å². The highest BCUT2D eigenvalue weighted by molar-refractivity contribution is 7.89. The molecule has 0 amide bonds. The fourth-order valence-electron chi connectivity index (χ4n) is 2.34. The van der Waals surface area contributed by atoms with Gasteiger partial charge < -0.3 is 4.74 Å². The third-order valence-corrected chi connectivity index (χ3v) is 4.99. The van der Waals surface area contributed by atoms with Crippen molar-refractivity contribution in [3.63, 3.8) is 0 Å². The summed E-state index contributed by atoms with van der Waals surface area (Å²) in [6.07, 6.45) is 0. The molecule has 0 saturated carbocycles. The molecule has 0 unspecified atom stereocenters. The Kier molecular flexibility index (Phi) is 5.28. The van der Waals surface area contributed by atoms with Crippen molar-refractivity contribution in [3.8, 4) is 11.8 Å². The van der Waals surface area contributed by atoms with Crippen LogP contribution in [0.1, 0.15) is 11.1 Å². The number of hydrogen-bond acceptors (Lipinski definition) is 4. The van der Waals surface area contributed by atoms with E-state index in [0.29, 0.717) is 31.9 Å². The average Bonchev–Trinajstić information content (AvgIpc) is 2.61. The van der Waals surface area contributed by atoms with Gasteiger partial charge >= 0.3 is 0 Å². The van der Waals surface area contributed by atoms with Crippen LogP contribution in [-0.4, -0.2) is 39.7 Å². The van der Waals surface area contributed by atoms with Crippen molar-refractivity contribution in [1.29, 1.82) is 0 Å². The quantitative estimate of drug-likeness (QED) is 0.861. The van der Waals surface area contributed by atoms with E-state index in [2.05, 4.69) is 16.7 Å². The summed E-state index contributed by atoms with van der Waals surface area (Å²) in [7, 11) is -3.68. The first-order chi connectivity index (χ1) is 11.6. The van der Waals surface area contributed by atoms with E-state index in [0.717, 1.165) is 5.56 Å². The minimum Gasteiger partial charge on any atom is -0.379 e. The van der Waals surface area contributed by atoms with Gasteiger partial charge in [0.25, 0.3) is 10.0 Å². The zero-order valence-corrected chi connectivity index (χ0v) is 13.9. The second kappa shape index (κ2) is 7.60. The van der Waals surface area contributed by atoms with E-state index in [1.165, 1.54) is 0 Å². The third kappa shape index (κ3) is 4.22. The number of ether oxygens (including phenoxy) is 1. The van der Waals surface area contributed by atoms with Gasteiger partial charge in [-0.05, 0) is 24.3 Å². The lowest BCUT2D eigenvalue weighted by Crippen LogP contribution is -2.48. The summed E-state index contributed by atoms with van der Waals surface area (Å²) in [6.45, 7) is 2.07. The summed E-state index contributed by atoms with van der Waals surface area (Å²) in [6, 6.07) is 16.2. The number of nitrogens with zero attached hydrogens (tertiary/aromatic N) is 1. The van der Waals surface area contributed by atoms with E-state index in [4.69, 9.17) is 4.74 Å². The number of sulfonamides is 1. The summed E-state index contributed by atoms with van der Waals surface area (Å²) in [4.78, 5) is 2.79. The summed E-state index contributed by atoms with van der Waals surface area (Å²) < 4.78 is 30.6. The number of benzene rings is 2. The Morgan fingerprint density at radius 1 is 0.917 bits per heavy atom. The molecule has 3 rings (SSSR count). The normalized spacial score (nSPS) is 15.5. The maximum absolute atomic E-state index is 12.7. The molecule has 0 aliphatic carbocycles. The van der Waals surface area contributed by atoms with Gasteiger partial charge in [0.15, 0.2) is 0 Å². The summed E-state index contributed by atoms with van der Waals surface area (Å²) >= 11 is 0. The molecule has 2 aromatic carbocycles. The molecule has 1 saturated heterocycles. The highest BCUT2D eigenvalue weighted by Crippen LogP contribution is 2.15. The molecule has 2 aromatic rings. The van der Waals surface area contributed by atoms with Gasteiger partial charge in [0.1, 0.15) is 0 Å². The van der Waals surface area contributed by atoms with Gasteiger partial charge in [0.05, 0.1) is 18.1 Å². The van der Waals surface area contributed by atoms with Gasteiger partial charge in [-0.15, -0.1) is 4.83 Å². The van der Waals surface area contributed by atoms with Crippen LogP contribution in [0.3, 0.4) is 0 Å². The Labute approximate surface area is 142 Å². The average molecular weight is 342 g/mol. The molecule has 0 spiro atoms. The van der Waals surface area contributed by atoms with Crippen molar-refractivity contribution in [2.24, 2.45) is 0 Å².